The number of fused-ring (bicyclic) bond motifs is 1. The number of hydrogen-bond donors (Lipinski definition) is 0. The average Bonchev–Trinajstić information content (AvgIpc) is 2.71. The third-order valence-electron chi connectivity index (χ3n) is 3.93. The number of halogens is 1. The van der Waals surface area contributed by atoms with Crippen LogP contribution < -0.4 is 5.63 Å². The number of rotatable bonds is 1. The molecule has 6 heteroatoms. The van der Waals surface area contributed by atoms with Gasteiger partial charge in [0.15, 0.2) is 0 Å². The van der Waals surface area contributed by atoms with E-state index in [1.165, 1.54) is 0 Å². The van der Waals surface area contributed by atoms with Gasteiger partial charge in [0.1, 0.15) is 11.1 Å². The maximum Gasteiger partial charge on any atom is 0.349 e. The lowest BCUT2D eigenvalue weighted by Crippen LogP contribution is -2.36. The van der Waals surface area contributed by atoms with Crippen molar-refractivity contribution >= 4 is 32.8 Å². The monoisotopic (exact) mass is 364 g/mol. The molecule has 116 valence electrons. The van der Waals surface area contributed by atoms with E-state index in [1.54, 1.807) is 23.1 Å². The van der Waals surface area contributed by atoms with Gasteiger partial charge >= 0.3 is 5.63 Å². The van der Waals surface area contributed by atoms with Gasteiger partial charge in [0, 0.05) is 29.5 Å². The van der Waals surface area contributed by atoms with Crippen LogP contribution in [0.5, 0.6) is 0 Å². The molecule has 0 N–H and O–H groups in total. The third-order valence-corrected chi connectivity index (χ3v) is 4.42. The van der Waals surface area contributed by atoms with Crippen molar-refractivity contribution < 1.29 is 9.21 Å². The molecule has 5 nitrogen and oxygen atoms in total. The molecule has 1 aliphatic rings. The fourth-order valence-corrected chi connectivity index (χ4v) is 3.04. The van der Waals surface area contributed by atoms with Gasteiger partial charge in [-0.1, -0.05) is 15.9 Å². The highest BCUT2D eigenvalue weighted by Gasteiger charge is 2.22. The normalized spacial score (nSPS) is 16.7. The Labute approximate surface area is 136 Å². The molecule has 0 spiro atoms. The number of likely N-dealkylation sites (N-methyl/N-ethyl adjacent to an activating group) is 1. The Bertz CT molecular complexity index is 772. The van der Waals surface area contributed by atoms with Crippen molar-refractivity contribution in [2.75, 3.05) is 33.2 Å². The predicted molar refractivity (Wildman–Crippen MR) is 88.2 cm³/mol. The molecule has 22 heavy (non-hydrogen) atoms. The number of hydrogen-bond acceptors (Lipinski definition) is 4. The van der Waals surface area contributed by atoms with Crippen molar-refractivity contribution in [3.05, 3.63) is 44.7 Å². The molecular weight excluding hydrogens is 348 g/mol. The summed E-state index contributed by atoms with van der Waals surface area (Å²) < 4.78 is 6.16. The summed E-state index contributed by atoms with van der Waals surface area (Å²) in [6, 6.07) is 6.99. The summed E-state index contributed by atoms with van der Waals surface area (Å²) in [5.41, 5.74) is 0.0212. The second kappa shape index (κ2) is 6.22. The van der Waals surface area contributed by atoms with Crippen molar-refractivity contribution in [2.24, 2.45) is 0 Å². The van der Waals surface area contributed by atoms with Crippen LogP contribution in [0.2, 0.25) is 0 Å². The molecule has 0 radical (unpaired) electrons. The zero-order valence-corrected chi connectivity index (χ0v) is 13.9. The summed E-state index contributed by atoms with van der Waals surface area (Å²) in [4.78, 5) is 28.7. The van der Waals surface area contributed by atoms with Gasteiger partial charge in [0.25, 0.3) is 5.91 Å². The minimum atomic E-state index is -0.572. The SMILES string of the molecule is CN1CCCN(C(=O)c2cc3cc(Br)ccc3oc2=O)CC1. The summed E-state index contributed by atoms with van der Waals surface area (Å²) in [6.07, 6.45) is 0.909. The molecule has 1 aliphatic heterocycles. The van der Waals surface area contributed by atoms with E-state index in [1.807, 2.05) is 13.1 Å². The minimum Gasteiger partial charge on any atom is -0.422 e. The number of benzene rings is 1. The first-order valence-electron chi connectivity index (χ1n) is 7.26. The van der Waals surface area contributed by atoms with Gasteiger partial charge in [-0.3, -0.25) is 4.79 Å². The van der Waals surface area contributed by atoms with Crippen LogP contribution in [0.1, 0.15) is 16.8 Å². The zero-order valence-electron chi connectivity index (χ0n) is 12.3. The van der Waals surface area contributed by atoms with Crippen LogP contribution in [-0.4, -0.2) is 48.9 Å². The Morgan fingerprint density at radius 3 is 2.82 bits per heavy atom. The second-order valence-electron chi connectivity index (χ2n) is 5.58. The highest BCUT2D eigenvalue weighted by molar-refractivity contribution is 9.10. The number of carbonyl (C=O) groups is 1. The second-order valence-corrected chi connectivity index (χ2v) is 6.49. The van der Waals surface area contributed by atoms with Gasteiger partial charge < -0.3 is 14.2 Å². The van der Waals surface area contributed by atoms with Crippen LogP contribution in [0.15, 0.2) is 37.9 Å². The van der Waals surface area contributed by atoms with E-state index in [4.69, 9.17) is 4.42 Å². The summed E-state index contributed by atoms with van der Waals surface area (Å²) in [6.45, 7) is 3.07. The molecule has 1 aromatic carbocycles. The van der Waals surface area contributed by atoms with Crippen LogP contribution >= 0.6 is 15.9 Å². The van der Waals surface area contributed by atoms with Crippen molar-refractivity contribution in [2.45, 2.75) is 6.42 Å². The lowest BCUT2D eigenvalue weighted by molar-refractivity contribution is 0.0759. The van der Waals surface area contributed by atoms with Crippen molar-refractivity contribution in [3.8, 4) is 0 Å². The maximum atomic E-state index is 12.6. The van der Waals surface area contributed by atoms with Crippen molar-refractivity contribution in [1.82, 2.24) is 9.80 Å². The summed E-state index contributed by atoms with van der Waals surface area (Å²) in [5.74, 6) is -0.245. The van der Waals surface area contributed by atoms with Crippen molar-refractivity contribution in [3.63, 3.8) is 0 Å². The van der Waals surface area contributed by atoms with Crippen molar-refractivity contribution in [1.29, 1.82) is 0 Å². The van der Waals surface area contributed by atoms with Gasteiger partial charge in [-0.25, -0.2) is 4.79 Å². The first kappa shape index (κ1) is 15.2. The topological polar surface area (TPSA) is 53.8 Å². The Hall–Kier alpha value is -1.66. The molecule has 1 aromatic heterocycles. The van der Waals surface area contributed by atoms with E-state index in [-0.39, 0.29) is 11.5 Å². The first-order valence-corrected chi connectivity index (χ1v) is 8.05. The zero-order chi connectivity index (χ0) is 15.7. The van der Waals surface area contributed by atoms with E-state index >= 15 is 0 Å². The fourth-order valence-electron chi connectivity index (χ4n) is 2.66. The molecule has 1 fully saturated rings. The number of nitrogens with zero attached hydrogens (tertiary/aromatic N) is 2. The van der Waals surface area contributed by atoms with Crippen LogP contribution in [0, 0.1) is 0 Å². The van der Waals surface area contributed by atoms with E-state index < -0.39 is 5.63 Å². The van der Waals surface area contributed by atoms with Gasteiger partial charge in [0.05, 0.1) is 0 Å². The van der Waals surface area contributed by atoms with Crippen LogP contribution in [0.4, 0.5) is 0 Å². The quantitative estimate of drug-likeness (QED) is 0.728. The highest BCUT2D eigenvalue weighted by Crippen LogP contribution is 2.20. The molecule has 0 atom stereocenters. The Kier molecular flexibility index (Phi) is 4.31. The molecule has 0 bridgehead atoms. The van der Waals surface area contributed by atoms with Gasteiger partial charge in [-0.15, -0.1) is 0 Å². The maximum absolute atomic E-state index is 12.6. The first-order chi connectivity index (χ1) is 10.5. The van der Waals surface area contributed by atoms with Crippen LogP contribution in [0.25, 0.3) is 11.0 Å². The predicted octanol–water partition coefficient (Wildman–Crippen LogP) is 2.33. The van der Waals surface area contributed by atoms with Crippen LogP contribution in [-0.2, 0) is 0 Å². The number of amides is 1. The molecule has 0 saturated carbocycles. The van der Waals surface area contributed by atoms with E-state index in [0.717, 1.165) is 29.4 Å². The average molecular weight is 365 g/mol. The lowest BCUT2D eigenvalue weighted by Gasteiger charge is -2.20. The van der Waals surface area contributed by atoms with E-state index in [2.05, 4.69) is 20.8 Å². The minimum absolute atomic E-state index is 0.107. The summed E-state index contributed by atoms with van der Waals surface area (Å²) in [7, 11) is 2.04. The molecule has 0 unspecified atom stereocenters. The standard InChI is InChI=1S/C16H17BrN2O3/c1-18-5-2-6-19(8-7-18)15(20)13-10-11-9-12(17)3-4-14(11)22-16(13)21/h3-4,9-10H,2,5-8H2,1H3. The van der Waals surface area contributed by atoms with Gasteiger partial charge in [0.2, 0.25) is 0 Å². The smallest absolute Gasteiger partial charge is 0.349 e. The largest absolute Gasteiger partial charge is 0.422 e. The Balaban J connectivity index is 1.96. The molecule has 2 aromatic rings. The molecular formula is C16H17BrN2O3. The van der Waals surface area contributed by atoms with E-state index in [0.29, 0.717) is 18.7 Å². The van der Waals surface area contributed by atoms with Gasteiger partial charge in [-0.2, -0.15) is 0 Å². The third kappa shape index (κ3) is 3.08. The summed E-state index contributed by atoms with van der Waals surface area (Å²) >= 11 is 3.39. The molecule has 2 heterocycles. The molecule has 3 rings (SSSR count). The van der Waals surface area contributed by atoms with Gasteiger partial charge in [-0.05, 0) is 44.3 Å². The van der Waals surface area contributed by atoms with E-state index in [9.17, 15) is 9.59 Å². The molecule has 1 amide bonds. The number of carbonyl (C=O) groups excluding carboxylic acids is 1. The highest BCUT2D eigenvalue weighted by atomic mass is 79.9. The fraction of sp³-hybridized carbons (Fsp3) is 0.375. The molecule has 0 aliphatic carbocycles. The Morgan fingerprint density at radius 1 is 1.18 bits per heavy atom. The summed E-state index contributed by atoms with van der Waals surface area (Å²) in [5, 5.41) is 0.740. The Morgan fingerprint density at radius 2 is 2.00 bits per heavy atom. The van der Waals surface area contributed by atoms with Crippen LogP contribution in [0.3, 0.4) is 0 Å². The lowest BCUT2D eigenvalue weighted by atomic mass is 10.1. The molecule has 1 saturated heterocycles.